The number of hydrogen-bond donors (Lipinski definition) is 2. The Bertz CT molecular complexity index is 599. The summed E-state index contributed by atoms with van der Waals surface area (Å²) in [4.78, 5) is 15.9. The molecule has 0 spiro atoms. The normalized spacial score (nSPS) is 10.1. The van der Waals surface area contributed by atoms with Gasteiger partial charge in [-0.3, -0.25) is 4.79 Å². The lowest BCUT2D eigenvalue weighted by molar-refractivity contribution is 0.102. The third kappa shape index (κ3) is 2.60. The fourth-order valence-electron chi connectivity index (χ4n) is 1.53. The molecular formula is C13H12ClN3O. The highest BCUT2D eigenvalue weighted by Gasteiger charge is 2.12. The van der Waals surface area contributed by atoms with Crippen LogP contribution in [0.5, 0.6) is 0 Å². The molecule has 2 rings (SSSR count). The Hall–Kier alpha value is -2.07. The van der Waals surface area contributed by atoms with Crippen molar-refractivity contribution in [3.05, 3.63) is 52.8 Å². The fraction of sp³-hybridized carbons (Fsp3) is 0.0769. The summed E-state index contributed by atoms with van der Waals surface area (Å²) in [6, 6.07) is 8.99. The summed E-state index contributed by atoms with van der Waals surface area (Å²) in [6.45, 7) is 1.91. The number of aryl methyl sites for hydroxylation is 1. The van der Waals surface area contributed by atoms with Crippen LogP contribution in [0.2, 0.25) is 5.15 Å². The van der Waals surface area contributed by atoms with Crippen molar-refractivity contribution < 1.29 is 4.79 Å². The van der Waals surface area contributed by atoms with Crippen molar-refractivity contribution in [3.63, 3.8) is 0 Å². The van der Waals surface area contributed by atoms with E-state index in [-0.39, 0.29) is 16.6 Å². The van der Waals surface area contributed by atoms with Gasteiger partial charge in [-0.15, -0.1) is 0 Å². The Labute approximate surface area is 110 Å². The van der Waals surface area contributed by atoms with Crippen LogP contribution in [0, 0.1) is 6.92 Å². The second-order valence-corrected chi connectivity index (χ2v) is 4.23. The predicted octanol–water partition coefficient (Wildman–Crippen LogP) is 2.88. The number of anilines is 2. The first-order chi connectivity index (χ1) is 8.58. The van der Waals surface area contributed by atoms with Gasteiger partial charge in [0.25, 0.3) is 5.91 Å². The van der Waals surface area contributed by atoms with Gasteiger partial charge >= 0.3 is 0 Å². The summed E-state index contributed by atoms with van der Waals surface area (Å²) in [5.41, 5.74) is 7.96. The van der Waals surface area contributed by atoms with Gasteiger partial charge in [0.2, 0.25) is 0 Å². The van der Waals surface area contributed by atoms with E-state index in [1.807, 2.05) is 31.2 Å². The summed E-state index contributed by atoms with van der Waals surface area (Å²) in [6.07, 6.45) is 1.41. The molecule has 1 aromatic carbocycles. The number of aromatic nitrogens is 1. The maximum absolute atomic E-state index is 12.0. The molecular weight excluding hydrogens is 250 g/mol. The number of carbonyl (C=O) groups excluding carboxylic acids is 1. The minimum atomic E-state index is -0.325. The zero-order valence-electron chi connectivity index (χ0n) is 9.77. The van der Waals surface area contributed by atoms with Crippen LogP contribution >= 0.6 is 11.6 Å². The summed E-state index contributed by atoms with van der Waals surface area (Å²) < 4.78 is 0. The van der Waals surface area contributed by atoms with E-state index in [1.54, 1.807) is 0 Å². The maximum Gasteiger partial charge on any atom is 0.258 e. The van der Waals surface area contributed by atoms with E-state index in [2.05, 4.69) is 10.3 Å². The highest BCUT2D eigenvalue weighted by molar-refractivity contribution is 6.33. The molecule has 0 bridgehead atoms. The number of para-hydroxylation sites is 1. The fourth-order valence-corrected chi connectivity index (χ4v) is 1.72. The summed E-state index contributed by atoms with van der Waals surface area (Å²) in [5.74, 6) is -0.325. The van der Waals surface area contributed by atoms with Gasteiger partial charge in [0.05, 0.1) is 17.4 Å². The lowest BCUT2D eigenvalue weighted by Crippen LogP contribution is -2.14. The predicted molar refractivity (Wildman–Crippen MR) is 72.8 cm³/mol. The Morgan fingerprint density at radius 3 is 2.83 bits per heavy atom. The number of nitrogens with zero attached hydrogens (tertiary/aromatic N) is 1. The second-order valence-electron chi connectivity index (χ2n) is 3.88. The first-order valence-corrected chi connectivity index (χ1v) is 5.73. The molecule has 0 aliphatic rings. The van der Waals surface area contributed by atoms with E-state index in [4.69, 9.17) is 17.3 Å². The topological polar surface area (TPSA) is 68.0 Å². The molecule has 0 radical (unpaired) electrons. The molecule has 2 aromatic rings. The molecule has 0 saturated carbocycles. The van der Waals surface area contributed by atoms with Crippen LogP contribution in [0.3, 0.4) is 0 Å². The average Bonchev–Trinajstić information content (AvgIpc) is 2.35. The number of benzene rings is 1. The molecule has 4 nitrogen and oxygen atoms in total. The summed E-state index contributed by atoms with van der Waals surface area (Å²) in [5, 5.41) is 2.91. The van der Waals surface area contributed by atoms with E-state index in [9.17, 15) is 4.79 Å². The third-order valence-corrected chi connectivity index (χ3v) is 2.80. The lowest BCUT2D eigenvalue weighted by Gasteiger charge is -2.09. The van der Waals surface area contributed by atoms with E-state index < -0.39 is 0 Å². The van der Waals surface area contributed by atoms with Gasteiger partial charge in [-0.1, -0.05) is 29.8 Å². The van der Waals surface area contributed by atoms with Crippen molar-refractivity contribution in [1.29, 1.82) is 0 Å². The van der Waals surface area contributed by atoms with Crippen molar-refractivity contribution in [2.75, 3.05) is 11.1 Å². The van der Waals surface area contributed by atoms with Crippen LogP contribution < -0.4 is 11.1 Å². The van der Waals surface area contributed by atoms with Crippen LogP contribution in [0.4, 0.5) is 11.4 Å². The first kappa shape index (κ1) is 12.4. The van der Waals surface area contributed by atoms with Gasteiger partial charge in [0, 0.05) is 5.69 Å². The third-order valence-electron chi connectivity index (χ3n) is 2.50. The highest BCUT2D eigenvalue weighted by Crippen LogP contribution is 2.19. The largest absolute Gasteiger partial charge is 0.397 e. The number of carbonyl (C=O) groups is 1. The van der Waals surface area contributed by atoms with Gasteiger partial charge in [-0.2, -0.15) is 0 Å². The van der Waals surface area contributed by atoms with Gasteiger partial charge in [-0.25, -0.2) is 4.98 Å². The van der Waals surface area contributed by atoms with Crippen molar-refractivity contribution in [3.8, 4) is 0 Å². The Morgan fingerprint density at radius 1 is 1.39 bits per heavy atom. The quantitative estimate of drug-likeness (QED) is 0.817. The Balaban J connectivity index is 2.28. The van der Waals surface area contributed by atoms with Gasteiger partial charge in [-0.05, 0) is 24.6 Å². The number of rotatable bonds is 2. The van der Waals surface area contributed by atoms with Gasteiger partial charge in [0.1, 0.15) is 5.15 Å². The number of halogens is 1. The molecule has 0 aliphatic heterocycles. The molecule has 1 heterocycles. The van der Waals surface area contributed by atoms with Crippen LogP contribution in [0.1, 0.15) is 15.9 Å². The van der Waals surface area contributed by atoms with Crippen molar-refractivity contribution in [2.45, 2.75) is 6.92 Å². The number of nitrogens with two attached hydrogens (primary N) is 1. The van der Waals surface area contributed by atoms with E-state index in [0.29, 0.717) is 5.69 Å². The van der Waals surface area contributed by atoms with Crippen molar-refractivity contribution in [2.24, 2.45) is 0 Å². The Morgan fingerprint density at radius 2 is 2.11 bits per heavy atom. The maximum atomic E-state index is 12.0. The van der Waals surface area contributed by atoms with Gasteiger partial charge in [0.15, 0.2) is 0 Å². The summed E-state index contributed by atoms with van der Waals surface area (Å²) in [7, 11) is 0. The highest BCUT2D eigenvalue weighted by atomic mass is 35.5. The minimum Gasteiger partial charge on any atom is -0.397 e. The average molecular weight is 262 g/mol. The Kier molecular flexibility index (Phi) is 3.48. The molecule has 5 heteroatoms. The van der Waals surface area contributed by atoms with E-state index >= 15 is 0 Å². The standard InChI is InChI=1S/C13H12ClN3O/c1-8-4-2-3-5-11(8)17-13(18)10-6-9(15)7-16-12(10)14/h2-7H,15H2,1H3,(H,17,18). The number of nitrogens with one attached hydrogen (secondary N) is 1. The molecule has 1 aromatic heterocycles. The lowest BCUT2D eigenvalue weighted by atomic mass is 10.2. The van der Waals surface area contributed by atoms with Crippen LogP contribution in [-0.4, -0.2) is 10.9 Å². The van der Waals surface area contributed by atoms with Crippen molar-refractivity contribution >= 4 is 28.9 Å². The summed E-state index contributed by atoms with van der Waals surface area (Å²) >= 11 is 5.87. The van der Waals surface area contributed by atoms with Crippen LogP contribution in [0.15, 0.2) is 36.5 Å². The molecule has 0 unspecified atom stereocenters. The van der Waals surface area contributed by atoms with E-state index in [0.717, 1.165) is 11.3 Å². The van der Waals surface area contributed by atoms with Crippen molar-refractivity contribution in [1.82, 2.24) is 4.98 Å². The van der Waals surface area contributed by atoms with Crippen LogP contribution in [-0.2, 0) is 0 Å². The molecule has 0 atom stereocenters. The molecule has 1 amide bonds. The number of pyridine rings is 1. The zero-order valence-corrected chi connectivity index (χ0v) is 10.5. The smallest absolute Gasteiger partial charge is 0.258 e. The molecule has 0 fully saturated rings. The number of hydrogen-bond acceptors (Lipinski definition) is 3. The van der Waals surface area contributed by atoms with Crippen LogP contribution in [0.25, 0.3) is 0 Å². The molecule has 3 N–H and O–H groups in total. The SMILES string of the molecule is Cc1ccccc1NC(=O)c1cc(N)cnc1Cl. The molecule has 0 saturated heterocycles. The van der Waals surface area contributed by atoms with E-state index in [1.165, 1.54) is 12.3 Å². The van der Waals surface area contributed by atoms with Gasteiger partial charge < -0.3 is 11.1 Å². The zero-order chi connectivity index (χ0) is 13.1. The molecule has 92 valence electrons. The minimum absolute atomic E-state index is 0.135. The second kappa shape index (κ2) is 5.06. The number of amides is 1. The number of nitrogen functional groups attached to an aromatic ring is 1. The molecule has 0 aliphatic carbocycles. The monoisotopic (exact) mass is 261 g/mol. The molecule has 18 heavy (non-hydrogen) atoms. The first-order valence-electron chi connectivity index (χ1n) is 5.36.